The Labute approximate surface area is 126 Å². The first-order valence-corrected chi connectivity index (χ1v) is 6.64. The van der Waals surface area contributed by atoms with Crippen molar-refractivity contribution in [1.29, 1.82) is 0 Å². The van der Waals surface area contributed by atoms with Crippen LogP contribution < -0.4 is 9.64 Å². The molecule has 0 fully saturated rings. The van der Waals surface area contributed by atoms with E-state index in [0.29, 0.717) is 27.8 Å². The smallest absolute Gasteiger partial charge is 0.299 e. The van der Waals surface area contributed by atoms with E-state index < -0.39 is 11.7 Å². The van der Waals surface area contributed by atoms with Gasteiger partial charge in [-0.1, -0.05) is 23.7 Å². The highest BCUT2D eigenvalue weighted by Gasteiger charge is 2.37. The minimum atomic E-state index is -0.595. The SMILES string of the molecule is COc1cccc(CN2C(=O)C(=O)c3cccc(Cl)c32)n1. The molecule has 0 aliphatic carbocycles. The maximum absolute atomic E-state index is 12.1. The number of ether oxygens (including phenoxy) is 1. The molecule has 1 aromatic carbocycles. The zero-order valence-corrected chi connectivity index (χ0v) is 11.9. The summed E-state index contributed by atoms with van der Waals surface area (Å²) in [7, 11) is 1.52. The molecular weight excluding hydrogens is 292 g/mol. The number of rotatable bonds is 3. The van der Waals surface area contributed by atoms with Crippen LogP contribution in [0.3, 0.4) is 0 Å². The van der Waals surface area contributed by atoms with Gasteiger partial charge in [0.25, 0.3) is 11.7 Å². The summed E-state index contributed by atoms with van der Waals surface area (Å²) in [5.41, 5.74) is 1.39. The van der Waals surface area contributed by atoms with Crippen molar-refractivity contribution >= 4 is 29.0 Å². The zero-order valence-electron chi connectivity index (χ0n) is 11.2. The topological polar surface area (TPSA) is 59.5 Å². The maximum atomic E-state index is 12.1. The van der Waals surface area contributed by atoms with Gasteiger partial charge in [-0.25, -0.2) is 4.98 Å². The number of Topliss-reactive ketones (excluding diaryl/α,β-unsaturated/α-hetero) is 1. The summed E-state index contributed by atoms with van der Waals surface area (Å²) in [4.78, 5) is 29.7. The van der Waals surface area contributed by atoms with Crippen LogP contribution >= 0.6 is 11.6 Å². The Bertz CT molecular complexity index is 745. The fourth-order valence-electron chi connectivity index (χ4n) is 2.28. The summed E-state index contributed by atoms with van der Waals surface area (Å²) in [5.74, 6) is -0.692. The number of aromatic nitrogens is 1. The van der Waals surface area contributed by atoms with Gasteiger partial charge in [0, 0.05) is 6.07 Å². The lowest BCUT2D eigenvalue weighted by Gasteiger charge is -2.17. The van der Waals surface area contributed by atoms with Gasteiger partial charge < -0.3 is 4.74 Å². The van der Waals surface area contributed by atoms with E-state index in [1.807, 2.05) is 0 Å². The third-order valence-electron chi connectivity index (χ3n) is 3.25. The van der Waals surface area contributed by atoms with Crippen LogP contribution in [0.4, 0.5) is 5.69 Å². The monoisotopic (exact) mass is 302 g/mol. The number of benzene rings is 1. The first kappa shape index (κ1) is 13.6. The molecule has 0 spiro atoms. The van der Waals surface area contributed by atoms with Crippen LogP contribution in [0, 0.1) is 0 Å². The third-order valence-corrected chi connectivity index (χ3v) is 3.56. The molecule has 1 aliphatic heterocycles. The summed E-state index contributed by atoms with van der Waals surface area (Å²) in [6, 6.07) is 10.1. The standard InChI is InChI=1S/C15H11ClN2O3/c1-21-12-7-2-4-9(17-12)8-18-13-10(14(19)15(18)20)5-3-6-11(13)16/h2-7H,8H2,1H3. The average molecular weight is 303 g/mol. The van der Waals surface area contributed by atoms with Gasteiger partial charge in [0.05, 0.1) is 35.6 Å². The van der Waals surface area contributed by atoms with E-state index in [1.165, 1.54) is 12.0 Å². The number of ketones is 1. The zero-order chi connectivity index (χ0) is 15.0. The number of nitrogens with zero attached hydrogens (tertiary/aromatic N) is 2. The second-order valence-electron chi connectivity index (χ2n) is 4.53. The van der Waals surface area contributed by atoms with E-state index in [-0.39, 0.29) is 6.54 Å². The van der Waals surface area contributed by atoms with Crippen molar-refractivity contribution in [3.05, 3.63) is 52.7 Å². The predicted octanol–water partition coefficient (Wildman–Crippen LogP) is 2.47. The van der Waals surface area contributed by atoms with Gasteiger partial charge in [0.1, 0.15) is 0 Å². The minimum absolute atomic E-state index is 0.165. The number of para-hydroxylation sites is 1. The molecule has 1 aliphatic rings. The molecule has 2 aromatic rings. The maximum Gasteiger partial charge on any atom is 0.299 e. The Kier molecular flexibility index (Phi) is 3.35. The molecule has 0 atom stereocenters. The first-order chi connectivity index (χ1) is 10.1. The van der Waals surface area contributed by atoms with Crippen molar-refractivity contribution in [2.75, 3.05) is 12.0 Å². The van der Waals surface area contributed by atoms with Crippen LogP contribution in [0.15, 0.2) is 36.4 Å². The highest BCUT2D eigenvalue weighted by atomic mass is 35.5. The molecule has 0 saturated heterocycles. The molecule has 3 rings (SSSR count). The average Bonchev–Trinajstić information content (AvgIpc) is 2.74. The number of carbonyl (C=O) groups is 2. The molecule has 1 aromatic heterocycles. The molecule has 21 heavy (non-hydrogen) atoms. The molecule has 0 N–H and O–H groups in total. The van der Waals surface area contributed by atoms with Crippen LogP contribution in [-0.2, 0) is 11.3 Å². The van der Waals surface area contributed by atoms with E-state index in [4.69, 9.17) is 16.3 Å². The van der Waals surface area contributed by atoms with E-state index >= 15 is 0 Å². The molecule has 5 nitrogen and oxygen atoms in total. The number of amides is 1. The van der Waals surface area contributed by atoms with Crippen LogP contribution in [-0.4, -0.2) is 23.8 Å². The quantitative estimate of drug-likeness (QED) is 0.817. The Morgan fingerprint density at radius 3 is 2.71 bits per heavy atom. The van der Waals surface area contributed by atoms with Crippen molar-refractivity contribution in [1.82, 2.24) is 4.98 Å². The van der Waals surface area contributed by atoms with Crippen molar-refractivity contribution in [3.63, 3.8) is 0 Å². The Morgan fingerprint density at radius 1 is 1.19 bits per heavy atom. The molecule has 0 radical (unpaired) electrons. The van der Waals surface area contributed by atoms with Crippen LogP contribution in [0.1, 0.15) is 16.1 Å². The summed E-state index contributed by atoms with van der Waals surface area (Å²) >= 11 is 6.13. The lowest BCUT2D eigenvalue weighted by atomic mass is 10.1. The van der Waals surface area contributed by atoms with Crippen LogP contribution in [0.25, 0.3) is 0 Å². The second kappa shape index (κ2) is 5.18. The molecule has 6 heteroatoms. The van der Waals surface area contributed by atoms with E-state index in [2.05, 4.69) is 4.98 Å². The van der Waals surface area contributed by atoms with Gasteiger partial charge in [0.2, 0.25) is 5.88 Å². The first-order valence-electron chi connectivity index (χ1n) is 6.26. The van der Waals surface area contributed by atoms with Gasteiger partial charge in [-0.05, 0) is 18.2 Å². The number of hydrogen-bond acceptors (Lipinski definition) is 4. The second-order valence-corrected chi connectivity index (χ2v) is 4.93. The molecular formula is C15H11ClN2O3. The fraction of sp³-hybridized carbons (Fsp3) is 0.133. The van der Waals surface area contributed by atoms with E-state index in [9.17, 15) is 9.59 Å². The summed E-state index contributed by atoms with van der Waals surface area (Å²) in [6.45, 7) is 0.165. The van der Waals surface area contributed by atoms with Crippen molar-refractivity contribution in [3.8, 4) is 5.88 Å². The number of methoxy groups -OCH3 is 1. The normalized spacial score (nSPS) is 13.5. The van der Waals surface area contributed by atoms with Crippen molar-refractivity contribution in [2.24, 2.45) is 0 Å². The van der Waals surface area contributed by atoms with Crippen LogP contribution in [0.2, 0.25) is 5.02 Å². The number of carbonyl (C=O) groups excluding carboxylic acids is 2. The lowest BCUT2D eigenvalue weighted by Crippen LogP contribution is -2.29. The number of halogens is 1. The molecule has 0 unspecified atom stereocenters. The van der Waals surface area contributed by atoms with E-state index in [0.717, 1.165) is 0 Å². The number of anilines is 1. The van der Waals surface area contributed by atoms with Crippen molar-refractivity contribution in [2.45, 2.75) is 6.54 Å². The Balaban J connectivity index is 2.00. The number of fused-ring (bicyclic) bond motifs is 1. The van der Waals surface area contributed by atoms with Gasteiger partial charge in [-0.2, -0.15) is 0 Å². The fourth-order valence-corrected chi connectivity index (χ4v) is 2.56. The van der Waals surface area contributed by atoms with Gasteiger partial charge in [-0.15, -0.1) is 0 Å². The highest BCUT2D eigenvalue weighted by Crippen LogP contribution is 2.36. The minimum Gasteiger partial charge on any atom is -0.481 e. The number of pyridine rings is 1. The summed E-state index contributed by atoms with van der Waals surface area (Å²) in [6.07, 6.45) is 0. The van der Waals surface area contributed by atoms with Crippen LogP contribution in [0.5, 0.6) is 5.88 Å². The third kappa shape index (κ3) is 2.25. The molecule has 1 amide bonds. The Hall–Kier alpha value is -2.40. The Morgan fingerprint density at radius 2 is 1.95 bits per heavy atom. The summed E-state index contributed by atoms with van der Waals surface area (Å²) < 4.78 is 5.05. The summed E-state index contributed by atoms with van der Waals surface area (Å²) in [5, 5.41) is 0.370. The lowest BCUT2D eigenvalue weighted by molar-refractivity contribution is -0.114. The van der Waals surface area contributed by atoms with E-state index in [1.54, 1.807) is 36.4 Å². The molecule has 0 bridgehead atoms. The number of hydrogen-bond donors (Lipinski definition) is 0. The largest absolute Gasteiger partial charge is 0.481 e. The van der Waals surface area contributed by atoms with Crippen molar-refractivity contribution < 1.29 is 14.3 Å². The highest BCUT2D eigenvalue weighted by molar-refractivity contribution is 6.54. The van der Waals surface area contributed by atoms with Gasteiger partial charge in [-0.3, -0.25) is 14.5 Å². The van der Waals surface area contributed by atoms with Gasteiger partial charge in [0.15, 0.2) is 0 Å². The predicted molar refractivity (Wildman–Crippen MR) is 77.8 cm³/mol. The molecule has 2 heterocycles. The van der Waals surface area contributed by atoms with Gasteiger partial charge >= 0.3 is 0 Å². The molecule has 106 valence electrons. The molecule has 0 saturated carbocycles.